The predicted molar refractivity (Wildman–Crippen MR) is 198 cm³/mol. The molecule has 15 heteroatoms. The standard InChI is InChI=1S/C39H47FN8O6/c1-24(2)54-33-19-34-44-32(22-48(34)21-30(33)39(53)43-28(23-49)5-4-12-41-3)26-10-15-46(16-11-26)36(51)17-25-8-13-47(14-9-25)37-31(40)18-27(20-42-37)29-6-7-35(50)45-38(29)52/h4-5,12,18-26,29,41H,6-11,13-17H2,1-3H3,(H,43,53)(H,45,50,52)/b12-4-,28-5+. The predicted octanol–water partition coefficient (Wildman–Crippen LogP) is 3.73. The highest BCUT2D eigenvalue weighted by molar-refractivity contribution is 6.01. The average molecular weight is 743 g/mol. The Morgan fingerprint density at radius 1 is 1.07 bits per heavy atom. The maximum absolute atomic E-state index is 15.2. The third-order valence-corrected chi connectivity index (χ3v) is 10.2. The number of halogens is 1. The molecule has 0 aromatic carbocycles. The average Bonchev–Trinajstić information content (AvgIpc) is 3.57. The number of allylic oxidation sites excluding steroid dienone is 3. The maximum atomic E-state index is 15.2. The van der Waals surface area contributed by atoms with Gasteiger partial charge >= 0.3 is 0 Å². The second-order valence-corrected chi connectivity index (χ2v) is 14.4. The van der Waals surface area contributed by atoms with Crippen molar-refractivity contribution in [1.29, 1.82) is 0 Å². The Bertz CT molecular complexity index is 1960. The van der Waals surface area contributed by atoms with E-state index in [1.165, 1.54) is 18.3 Å². The molecule has 3 saturated heterocycles. The van der Waals surface area contributed by atoms with Crippen LogP contribution in [0.3, 0.4) is 0 Å². The molecule has 14 nitrogen and oxygen atoms in total. The summed E-state index contributed by atoms with van der Waals surface area (Å²) in [5, 5.41) is 7.78. The van der Waals surface area contributed by atoms with Crippen LogP contribution in [0.4, 0.5) is 10.2 Å². The van der Waals surface area contributed by atoms with Gasteiger partial charge < -0.3 is 29.6 Å². The lowest BCUT2D eigenvalue weighted by Crippen LogP contribution is -2.41. The van der Waals surface area contributed by atoms with Gasteiger partial charge in [0.05, 0.1) is 29.0 Å². The summed E-state index contributed by atoms with van der Waals surface area (Å²) in [5.74, 6) is -1.27. The summed E-state index contributed by atoms with van der Waals surface area (Å²) in [6.45, 7) is 6.11. The molecule has 0 spiro atoms. The smallest absolute Gasteiger partial charge is 0.261 e. The minimum absolute atomic E-state index is 0.100. The van der Waals surface area contributed by atoms with Gasteiger partial charge in [0.1, 0.15) is 11.4 Å². The summed E-state index contributed by atoms with van der Waals surface area (Å²) in [6, 6.07) is 3.08. The van der Waals surface area contributed by atoms with E-state index in [9.17, 15) is 24.0 Å². The Kier molecular flexibility index (Phi) is 12.0. The summed E-state index contributed by atoms with van der Waals surface area (Å²) in [5.41, 5.74) is 2.33. The van der Waals surface area contributed by atoms with E-state index in [1.807, 2.05) is 29.8 Å². The summed E-state index contributed by atoms with van der Waals surface area (Å²) in [6.07, 6.45) is 14.2. The number of nitrogens with zero attached hydrogens (tertiary/aromatic N) is 5. The maximum Gasteiger partial charge on any atom is 0.261 e. The van der Waals surface area contributed by atoms with Gasteiger partial charge in [0.2, 0.25) is 17.7 Å². The number of piperidine rings is 3. The SMILES string of the molecule is CN/C=C\C=C(/C=O)NC(=O)c1cn2cc(C3CCN(C(=O)CC4CCN(c5ncc(C6CCC(=O)NC6=O)cc5F)CC4)CC3)nc2cc1OC(C)C. The van der Waals surface area contributed by atoms with Crippen LogP contribution in [-0.2, 0) is 19.2 Å². The number of ether oxygens (including phenoxy) is 1. The molecule has 0 aliphatic carbocycles. The van der Waals surface area contributed by atoms with Crippen molar-refractivity contribution in [1.82, 2.24) is 35.2 Å². The van der Waals surface area contributed by atoms with E-state index in [2.05, 4.69) is 20.9 Å². The second kappa shape index (κ2) is 17.0. The molecule has 0 saturated carbocycles. The quantitative estimate of drug-likeness (QED) is 0.108. The second-order valence-electron chi connectivity index (χ2n) is 14.4. The fourth-order valence-corrected chi connectivity index (χ4v) is 7.34. The lowest BCUT2D eigenvalue weighted by atomic mass is 9.90. The third kappa shape index (κ3) is 8.95. The Morgan fingerprint density at radius 2 is 1.83 bits per heavy atom. The highest BCUT2D eigenvalue weighted by Gasteiger charge is 2.32. The Balaban J connectivity index is 1.02. The van der Waals surface area contributed by atoms with Crippen LogP contribution in [0.25, 0.3) is 5.65 Å². The highest BCUT2D eigenvalue weighted by Crippen LogP contribution is 2.33. The number of fused-ring (bicyclic) bond motifs is 1. The third-order valence-electron chi connectivity index (χ3n) is 10.2. The fraction of sp³-hybridized carbons (Fsp3) is 0.462. The molecule has 1 unspecified atom stereocenters. The highest BCUT2D eigenvalue weighted by atomic mass is 19.1. The number of aromatic nitrogens is 3. The number of amides is 4. The van der Waals surface area contributed by atoms with Gasteiger partial charge in [0.15, 0.2) is 17.9 Å². The molecular formula is C39H47FN8O6. The summed E-state index contributed by atoms with van der Waals surface area (Å²) >= 11 is 0. The molecule has 3 N–H and O–H groups in total. The molecule has 4 amide bonds. The van der Waals surface area contributed by atoms with Crippen molar-refractivity contribution < 1.29 is 33.1 Å². The molecule has 3 fully saturated rings. The van der Waals surface area contributed by atoms with Crippen molar-refractivity contribution in [3.8, 4) is 5.75 Å². The number of pyridine rings is 2. The van der Waals surface area contributed by atoms with Crippen LogP contribution in [0.5, 0.6) is 5.75 Å². The molecule has 6 rings (SSSR count). The number of rotatable bonds is 12. The first kappa shape index (κ1) is 38.1. The van der Waals surface area contributed by atoms with Crippen LogP contribution in [0.15, 0.2) is 54.8 Å². The van der Waals surface area contributed by atoms with Crippen LogP contribution in [0.2, 0.25) is 0 Å². The number of imide groups is 1. The minimum Gasteiger partial charge on any atom is -0.490 e. The summed E-state index contributed by atoms with van der Waals surface area (Å²) in [4.78, 5) is 75.0. The van der Waals surface area contributed by atoms with Gasteiger partial charge in [-0.3, -0.25) is 29.3 Å². The van der Waals surface area contributed by atoms with Crippen molar-refractivity contribution in [3.63, 3.8) is 0 Å². The van der Waals surface area contributed by atoms with Crippen molar-refractivity contribution in [2.45, 2.75) is 76.7 Å². The molecule has 0 bridgehead atoms. The number of hydrogen-bond donors (Lipinski definition) is 3. The van der Waals surface area contributed by atoms with Gasteiger partial charge in [-0.1, -0.05) is 0 Å². The molecule has 54 heavy (non-hydrogen) atoms. The van der Waals surface area contributed by atoms with Gasteiger partial charge in [0.25, 0.3) is 5.91 Å². The van der Waals surface area contributed by atoms with Crippen LogP contribution in [0, 0.1) is 11.7 Å². The first-order chi connectivity index (χ1) is 26.0. The van der Waals surface area contributed by atoms with Crippen molar-refractivity contribution in [2.75, 3.05) is 38.1 Å². The van der Waals surface area contributed by atoms with Gasteiger partial charge in [-0.15, -0.1) is 0 Å². The van der Waals surface area contributed by atoms with Crippen molar-refractivity contribution >= 4 is 41.4 Å². The first-order valence-electron chi connectivity index (χ1n) is 18.5. The van der Waals surface area contributed by atoms with Crippen LogP contribution in [-0.4, -0.2) is 88.5 Å². The molecular weight excluding hydrogens is 695 g/mol. The number of likely N-dealkylation sites (tertiary alicyclic amines) is 1. The number of aldehydes is 1. The monoisotopic (exact) mass is 742 g/mol. The molecule has 3 aromatic heterocycles. The molecule has 0 radical (unpaired) electrons. The van der Waals surface area contributed by atoms with Crippen molar-refractivity contribution in [3.05, 3.63) is 77.4 Å². The van der Waals surface area contributed by atoms with E-state index in [0.717, 1.165) is 31.4 Å². The Morgan fingerprint density at radius 3 is 2.50 bits per heavy atom. The number of carbonyl (C=O) groups excluding carboxylic acids is 5. The first-order valence-corrected chi connectivity index (χ1v) is 18.5. The number of nitrogens with one attached hydrogen (secondary N) is 3. The Labute approximate surface area is 313 Å². The zero-order valence-electron chi connectivity index (χ0n) is 30.8. The fourth-order valence-electron chi connectivity index (χ4n) is 7.34. The largest absolute Gasteiger partial charge is 0.490 e. The van der Waals surface area contributed by atoms with E-state index in [1.54, 1.807) is 36.0 Å². The zero-order chi connectivity index (χ0) is 38.4. The molecule has 286 valence electrons. The molecule has 6 heterocycles. The van der Waals surface area contributed by atoms with E-state index >= 15 is 4.39 Å². The summed E-state index contributed by atoms with van der Waals surface area (Å²) in [7, 11) is 1.73. The molecule has 3 aromatic rings. The number of hydrogen-bond acceptors (Lipinski definition) is 10. The zero-order valence-corrected chi connectivity index (χ0v) is 30.8. The summed E-state index contributed by atoms with van der Waals surface area (Å²) < 4.78 is 22.9. The van der Waals surface area contributed by atoms with Crippen LogP contribution in [0.1, 0.15) is 92.2 Å². The van der Waals surface area contributed by atoms with Gasteiger partial charge in [-0.2, -0.15) is 0 Å². The van der Waals surface area contributed by atoms with E-state index in [0.29, 0.717) is 62.3 Å². The van der Waals surface area contributed by atoms with Gasteiger partial charge in [0, 0.05) is 76.6 Å². The lowest BCUT2D eigenvalue weighted by Gasteiger charge is -2.35. The van der Waals surface area contributed by atoms with Crippen molar-refractivity contribution in [2.24, 2.45) is 5.92 Å². The van der Waals surface area contributed by atoms with Crippen LogP contribution < -0.4 is 25.6 Å². The van der Waals surface area contributed by atoms with E-state index < -0.39 is 23.5 Å². The van der Waals surface area contributed by atoms with Gasteiger partial charge in [-0.05, 0) is 81.9 Å². The molecule has 1 atom stereocenters. The molecule has 3 aliphatic heterocycles. The van der Waals surface area contributed by atoms with E-state index in [-0.39, 0.29) is 53.3 Å². The molecule has 3 aliphatic rings. The lowest BCUT2D eigenvalue weighted by molar-refractivity contribution is -0.135. The van der Waals surface area contributed by atoms with Gasteiger partial charge in [-0.25, -0.2) is 14.4 Å². The number of anilines is 1. The Hall–Kier alpha value is -5.60. The van der Waals surface area contributed by atoms with E-state index in [4.69, 9.17) is 9.72 Å². The topological polar surface area (TPSA) is 167 Å². The number of imidazole rings is 1. The number of carbonyl (C=O) groups is 5. The normalized spacial score (nSPS) is 19.1. The van der Waals surface area contributed by atoms with Crippen LogP contribution >= 0.6 is 0 Å². The minimum atomic E-state index is -0.593.